The molecule has 1 aliphatic heterocycles. The van der Waals surface area contributed by atoms with Crippen molar-refractivity contribution in [3.8, 4) is 0 Å². The van der Waals surface area contributed by atoms with Gasteiger partial charge in [-0.15, -0.1) is 11.6 Å². The van der Waals surface area contributed by atoms with Crippen molar-refractivity contribution in [3.63, 3.8) is 0 Å². The molecule has 0 aliphatic carbocycles. The minimum atomic E-state index is -3.67. The molecule has 2 N–H and O–H groups in total. The Bertz CT molecular complexity index is 658. The fourth-order valence-corrected chi connectivity index (χ4v) is 3.19. The average Bonchev–Trinajstić information content (AvgIpc) is 2.91. The molecule has 8 heteroatoms. The molecule has 0 radical (unpaired) electrons. The smallest absolute Gasteiger partial charge is 0.262 e. The number of hydrogen-bond acceptors (Lipinski definition) is 4. The lowest BCUT2D eigenvalue weighted by Crippen LogP contribution is -2.29. The molecule has 0 unspecified atom stereocenters. The lowest BCUT2D eigenvalue weighted by atomic mass is 10.3. The van der Waals surface area contributed by atoms with E-state index in [4.69, 9.17) is 11.6 Å². The normalized spacial score (nSPS) is 14.6. The minimum Gasteiger partial charge on any atom is -0.326 e. The topological polar surface area (TPSA) is 87.6 Å². The molecule has 0 saturated heterocycles. The number of carbonyl (C=O) groups excluding carboxylic acids is 1. The van der Waals surface area contributed by atoms with Crippen molar-refractivity contribution in [2.45, 2.75) is 24.2 Å². The number of benzene rings is 1. The third kappa shape index (κ3) is 4.44. The Morgan fingerprint density at radius 1 is 1.38 bits per heavy atom. The number of amidine groups is 1. The maximum atomic E-state index is 12.2. The Morgan fingerprint density at radius 2 is 2.19 bits per heavy atom. The second-order valence-electron chi connectivity index (χ2n) is 4.55. The molecular formula is C13H16ClN3O3S. The van der Waals surface area contributed by atoms with E-state index in [-0.39, 0.29) is 23.1 Å². The molecule has 0 saturated carbocycles. The van der Waals surface area contributed by atoms with Crippen molar-refractivity contribution >= 4 is 39.1 Å². The number of hydrogen-bond donors (Lipinski definition) is 2. The van der Waals surface area contributed by atoms with Crippen LogP contribution >= 0.6 is 11.6 Å². The Labute approximate surface area is 128 Å². The molecule has 0 spiro atoms. The van der Waals surface area contributed by atoms with Crippen molar-refractivity contribution in [2.75, 3.05) is 17.7 Å². The van der Waals surface area contributed by atoms with Crippen molar-refractivity contribution in [3.05, 3.63) is 24.3 Å². The van der Waals surface area contributed by atoms with Crippen LogP contribution in [-0.2, 0) is 14.8 Å². The number of aliphatic imine (C=N–C) groups is 1. The van der Waals surface area contributed by atoms with Crippen LogP contribution in [-0.4, -0.2) is 32.6 Å². The fraction of sp³-hybridized carbons (Fsp3) is 0.385. The number of anilines is 1. The fourth-order valence-electron chi connectivity index (χ4n) is 1.89. The molecule has 6 nitrogen and oxygen atoms in total. The maximum Gasteiger partial charge on any atom is 0.262 e. The van der Waals surface area contributed by atoms with Gasteiger partial charge in [0.25, 0.3) is 10.0 Å². The van der Waals surface area contributed by atoms with Crippen LogP contribution in [0.5, 0.6) is 0 Å². The zero-order valence-electron chi connectivity index (χ0n) is 11.3. The van der Waals surface area contributed by atoms with Crippen LogP contribution in [0.4, 0.5) is 5.69 Å². The van der Waals surface area contributed by atoms with Crippen molar-refractivity contribution < 1.29 is 13.2 Å². The van der Waals surface area contributed by atoms with Gasteiger partial charge in [-0.05, 0) is 24.6 Å². The Hall–Kier alpha value is -1.60. The van der Waals surface area contributed by atoms with Gasteiger partial charge in [0.2, 0.25) is 5.91 Å². The highest BCUT2D eigenvalue weighted by molar-refractivity contribution is 7.90. The predicted molar refractivity (Wildman–Crippen MR) is 82.3 cm³/mol. The molecule has 21 heavy (non-hydrogen) atoms. The van der Waals surface area contributed by atoms with E-state index in [0.717, 1.165) is 6.42 Å². The van der Waals surface area contributed by atoms with Gasteiger partial charge in [-0.2, -0.15) is 0 Å². The first-order chi connectivity index (χ1) is 10.0. The summed E-state index contributed by atoms with van der Waals surface area (Å²) in [5.41, 5.74) is 0.418. The highest BCUT2D eigenvalue weighted by Crippen LogP contribution is 2.16. The van der Waals surface area contributed by atoms with E-state index in [0.29, 0.717) is 24.5 Å². The highest BCUT2D eigenvalue weighted by atomic mass is 35.5. The number of nitrogens with zero attached hydrogens (tertiary/aromatic N) is 1. The zero-order valence-corrected chi connectivity index (χ0v) is 12.9. The second kappa shape index (κ2) is 6.91. The largest absolute Gasteiger partial charge is 0.326 e. The standard InChI is InChI=1S/C13H16ClN3O3S/c14-7-6-13(18)16-10-3-1-4-11(9-10)21(19,20)17-12-5-2-8-15-12/h1,3-4,9H,2,5-8H2,(H,15,17)(H,16,18). The Kier molecular flexibility index (Phi) is 5.19. The number of amides is 1. The predicted octanol–water partition coefficient (Wildman–Crippen LogP) is 1.72. The molecular weight excluding hydrogens is 314 g/mol. The average molecular weight is 330 g/mol. The van der Waals surface area contributed by atoms with Gasteiger partial charge in [0.05, 0.1) is 4.90 Å². The van der Waals surface area contributed by atoms with Crippen LogP contribution in [0.3, 0.4) is 0 Å². The van der Waals surface area contributed by atoms with Gasteiger partial charge in [-0.25, -0.2) is 8.42 Å². The summed E-state index contributed by atoms with van der Waals surface area (Å²) in [4.78, 5) is 15.6. The summed E-state index contributed by atoms with van der Waals surface area (Å²) in [7, 11) is -3.67. The van der Waals surface area contributed by atoms with Crippen molar-refractivity contribution in [1.29, 1.82) is 0 Å². The molecule has 0 fully saturated rings. The summed E-state index contributed by atoms with van der Waals surface area (Å²) in [6.45, 7) is 0.645. The summed E-state index contributed by atoms with van der Waals surface area (Å²) < 4.78 is 26.9. The van der Waals surface area contributed by atoms with E-state index >= 15 is 0 Å². The highest BCUT2D eigenvalue weighted by Gasteiger charge is 2.18. The summed E-state index contributed by atoms with van der Waals surface area (Å²) in [5.74, 6) is 0.435. The van der Waals surface area contributed by atoms with E-state index in [1.807, 2.05) is 0 Å². The lowest BCUT2D eigenvalue weighted by Gasteiger charge is -2.09. The summed E-state index contributed by atoms with van der Waals surface area (Å²) in [5, 5.41) is 2.60. The third-order valence-electron chi connectivity index (χ3n) is 2.88. The zero-order chi connectivity index (χ0) is 15.3. The minimum absolute atomic E-state index is 0.0840. The van der Waals surface area contributed by atoms with Gasteiger partial charge in [-0.1, -0.05) is 6.07 Å². The molecule has 0 bridgehead atoms. The molecule has 114 valence electrons. The first kappa shape index (κ1) is 15.8. The number of sulfonamides is 1. The van der Waals surface area contributed by atoms with Crippen molar-refractivity contribution in [1.82, 2.24) is 4.72 Å². The number of halogens is 1. The number of nitrogens with one attached hydrogen (secondary N) is 2. The van der Waals surface area contributed by atoms with Gasteiger partial charge in [0.1, 0.15) is 5.84 Å². The molecule has 1 aromatic rings. The van der Waals surface area contributed by atoms with Gasteiger partial charge in [0, 0.05) is 31.0 Å². The van der Waals surface area contributed by atoms with Gasteiger partial charge < -0.3 is 5.32 Å². The Balaban J connectivity index is 2.14. The maximum absolute atomic E-state index is 12.2. The van der Waals surface area contributed by atoms with Gasteiger partial charge in [-0.3, -0.25) is 14.5 Å². The van der Waals surface area contributed by atoms with Gasteiger partial charge in [0.15, 0.2) is 0 Å². The molecule has 2 rings (SSSR count). The molecule has 1 aromatic carbocycles. The molecule has 1 heterocycles. The van der Waals surface area contributed by atoms with Crippen LogP contribution in [0.15, 0.2) is 34.2 Å². The van der Waals surface area contributed by atoms with Crippen LogP contribution < -0.4 is 10.0 Å². The summed E-state index contributed by atoms with van der Waals surface area (Å²) in [6, 6.07) is 6.07. The van der Waals surface area contributed by atoms with Crippen LogP contribution in [0.2, 0.25) is 0 Å². The SMILES string of the molecule is O=C(CCCl)Nc1cccc(S(=O)(=O)NC2=NCCC2)c1. The van der Waals surface area contributed by atoms with E-state index < -0.39 is 10.0 Å². The van der Waals surface area contributed by atoms with Crippen molar-refractivity contribution in [2.24, 2.45) is 4.99 Å². The first-order valence-electron chi connectivity index (χ1n) is 6.53. The molecule has 0 aromatic heterocycles. The summed E-state index contributed by atoms with van der Waals surface area (Å²) in [6.07, 6.45) is 1.66. The summed E-state index contributed by atoms with van der Waals surface area (Å²) >= 11 is 5.48. The van der Waals surface area contributed by atoms with Crippen LogP contribution in [0.25, 0.3) is 0 Å². The van der Waals surface area contributed by atoms with E-state index in [2.05, 4.69) is 15.0 Å². The second-order valence-corrected chi connectivity index (χ2v) is 6.61. The van der Waals surface area contributed by atoms with E-state index in [9.17, 15) is 13.2 Å². The molecule has 1 amide bonds. The monoisotopic (exact) mass is 329 g/mol. The third-order valence-corrected chi connectivity index (χ3v) is 4.44. The first-order valence-corrected chi connectivity index (χ1v) is 8.55. The number of rotatable bonds is 5. The number of alkyl halides is 1. The quantitative estimate of drug-likeness (QED) is 0.806. The van der Waals surface area contributed by atoms with Crippen LogP contribution in [0, 0.1) is 0 Å². The molecule has 1 aliphatic rings. The van der Waals surface area contributed by atoms with Gasteiger partial charge >= 0.3 is 0 Å². The van der Waals surface area contributed by atoms with Crippen LogP contribution in [0.1, 0.15) is 19.3 Å². The molecule has 0 atom stereocenters. The van der Waals surface area contributed by atoms with E-state index in [1.165, 1.54) is 12.1 Å². The van der Waals surface area contributed by atoms with E-state index in [1.54, 1.807) is 12.1 Å². The lowest BCUT2D eigenvalue weighted by molar-refractivity contribution is -0.115. The Morgan fingerprint density at radius 3 is 2.86 bits per heavy atom. The number of carbonyl (C=O) groups is 1.